The van der Waals surface area contributed by atoms with Crippen LogP contribution in [0.3, 0.4) is 0 Å². The first kappa shape index (κ1) is 17.3. The zero-order chi connectivity index (χ0) is 18.0. The lowest BCUT2D eigenvalue weighted by Gasteiger charge is -2.48. The van der Waals surface area contributed by atoms with Gasteiger partial charge in [-0.25, -0.2) is 4.98 Å². The molecule has 2 fully saturated rings. The molecule has 2 saturated heterocycles. The third kappa shape index (κ3) is 3.68. The van der Waals surface area contributed by atoms with Crippen LogP contribution in [0.2, 0.25) is 5.02 Å². The van der Waals surface area contributed by atoms with Crippen molar-refractivity contribution in [3.05, 3.63) is 53.4 Å². The fraction of sp³-hybridized carbons (Fsp3) is 0.450. The number of piperidine rings is 2. The molecule has 4 heterocycles. The van der Waals surface area contributed by atoms with Crippen molar-refractivity contribution in [1.29, 1.82) is 0 Å². The van der Waals surface area contributed by atoms with Crippen molar-refractivity contribution < 1.29 is 4.79 Å². The summed E-state index contributed by atoms with van der Waals surface area (Å²) in [5, 5.41) is 0.659. The van der Waals surface area contributed by atoms with E-state index in [1.807, 2.05) is 35.4 Å². The predicted octanol–water partition coefficient (Wildman–Crippen LogP) is 3.54. The molecule has 4 rings (SSSR count). The van der Waals surface area contributed by atoms with Crippen LogP contribution in [0.1, 0.15) is 31.2 Å². The maximum Gasteiger partial charge on any atom is 0.222 e. The van der Waals surface area contributed by atoms with Crippen molar-refractivity contribution >= 4 is 23.3 Å². The Morgan fingerprint density at radius 2 is 2.08 bits per heavy atom. The second kappa shape index (κ2) is 7.23. The lowest BCUT2D eigenvalue weighted by Crippen LogP contribution is -2.54. The molecule has 1 atom stereocenters. The Morgan fingerprint density at radius 3 is 2.85 bits per heavy atom. The van der Waals surface area contributed by atoms with Gasteiger partial charge in [0.1, 0.15) is 5.82 Å². The summed E-state index contributed by atoms with van der Waals surface area (Å²) in [6, 6.07) is 7.84. The highest BCUT2D eigenvalue weighted by atomic mass is 35.5. The minimum atomic E-state index is 0.148. The molecule has 2 aliphatic heterocycles. The van der Waals surface area contributed by atoms with E-state index in [-0.39, 0.29) is 11.3 Å². The number of nitrogens with zero attached hydrogens (tertiary/aromatic N) is 4. The summed E-state index contributed by atoms with van der Waals surface area (Å²) in [6.45, 7) is 3.41. The fourth-order valence-corrected chi connectivity index (χ4v) is 4.36. The van der Waals surface area contributed by atoms with E-state index in [9.17, 15) is 4.79 Å². The van der Waals surface area contributed by atoms with Gasteiger partial charge in [0.2, 0.25) is 5.91 Å². The summed E-state index contributed by atoms with van der Waals surface area (Å²) in [5.74, 6) is 1.23. The molecule has 2 aliphatic rings. The van der Waals surface area contributed by atoms with Gasteiger partial charge in [-0.2, -0.15) is 0 Å². The number of pyridine rings is 2. The molecule has 0 saturated carbocycles. The van der Waals surface area contributed by atoms with E-state index in [1.165, 1.54) is 0 Å². The number of hydrogen-bond donors (Lipinski definition) is 0. The minimum absolute atomic E-state index is 0.148. The Bertz CT molecular complexity index is 767. The normalized spacial score (nSPS) is 23.5. The number of rotatable bonds is 3. The molecule has 0 N–H and O–H groups in total. The van der Waals surface area contributed by atoms with Gasteiger partial charge in [-0.1, -0.05) is 17.7 Å². The van der Waals surface area contributed by atoms with Crippen molar-refractivity contribution in [3.8, 4) is 0 Å². The Labute approximate surface area is 159 Å². The van der Waals surface area contributed by atoms with E-state index in [0.29, 0.717) is 18.0 Å². The summed E-state index contributed by atoms with van der Waals surface area (Å²) in [7, 11) is 0. The highest BCUT2D eigenvalue weighted by Gasteiger charge is 2.42. The number of anilines is 1. The van der Waals surface area contributed by atoms with Gasteiger partial charge in [-0.3, -0.25) is 9.78 Å². The molecular formula is C20H23ClN4O. The van der Waals surface area contributed by atoms with Gasteiger partial charge in [-0.15, -0.1) is 0 Å². The van der Waals surface area contributed by atoms with Crippen LogP contribution in [0, 0.1) is 5.41 Å². The molecule has 1 spiro atoms. The Morgan fingerprint density at radius 1 is 1.15 bits per heavy atom. The van der Waals surface area contributed by atoms with Crippen LogP contribution in [0.4, 0.5) is 5.82 Å². The zero-order valence-corrected chi connectivity index (χ0v) is 15.5. The molecule has 136 valence electrons. The molecule has 5 nitrogen and oxygen atoms in total. The largest absolute Gasteiger partial charge is 0.356 e. The summed E-state index contributed by atoms with van der Waals surface area (Å²) in [4.78, 5) is 25.5. The standard InChI is InChI=1S/C20H23ClN4O/c21-17-4-5-18(23-12-17)24-10-2-7-20(14-24)8-6-19(26)25(15-20)13-16-3-1-9-22-11-16/h1,3-5,9,11-12H,2,6-8,10,13-15H2/t20-/m1/s1. The summed E-state index contributed by atoms with van der Waals surface area (Å²) >= 11 is 5.97. The average Bonchev–Trinajstić information content (AvgIpc) is 2.67. The molecule has 0 unspecified atom stereocenters. The van der Waals surface area contributed by atoms with Crippen LogP contribution in [0.15, 0.2) is 42.9 Å². The van der Waals surface area contributed by atoms with Gasteiger partial charge in [0, 0.05) is 56.6 Å². The summed E-state index contributed by atoms with van der Waals surface area (Å²) in [5.41, 5.74) is 1.24. The predicted molar refractivity (Wildman–Crippen MR) is 102 cm³/mol. The molecule has 0 aliphatic carbocycles. The van der Waals surface area contributed by atoms with Gasteiger partial charge in [-0.05, 0) is 43.0 Å². The number of likely N-dealkylation sites (tertiary alicyclic amines) is 1. The second-order valence-electron chi connectivity index (χ2n) is 7.47. The number of carbonyl (C=O) groups is 1. The van der Waals surface area contributed by atoms with Crippen molar-refractivity contribution in [3.63, 3.8) is 0 Å². The molecule has 26 heavy (non-hydrogen) atoms. The van der Waals surface area contributed by atoms with E-state index in [2.05, 4.69) is 14.9 Å². The van der Waals surface area contributed by atoms with Gasteiger partial charge in [0.25, 0.3) is 0 Å². The topological polar surface area (TPSA) is 49.3 Å². The fourth-order valence-electron chi connectivity index (χ4n) is 4.25. The van der Waals surface area contributed by atoms with Gasteiger partial charge >= 0.3 is 0 Å². The van der Waals surface area contributed by atoms with Crippen molar-refractivity contribution in [2.75, 3.05) is 24.5 Å². The van der Waals surface area contributed by atoms with Crippen molar-refractivity contribution in [2.45, 2.75) is 32.2 Å². The van der Waals surface area contributed by atoms with Crippen LogP contribution < -0.4 is 4.90 Å². The average molecular weight is 371 g/mol. The Hall–Kier alpha value is -2.14. The lowest BCUT2D eigenvalue weighted by molar-refractivity contribution is -0.138. The summed E-state index contributed by atoms with van der Waals surface area (Å²) < 4.78 is 0. The van der Waals surface area contributed by atoms with E-state index < -0.39 is 0 Å². The van der Waals surface area contributed by atoms with Crippen molar-refractivity contribution in [1.82, 2.24) is 14.9 Å². The molecule has 6 heteroatoms. The molecular weight excluding hydrogens is 348 g/mol. The first-order valence-electron chi connectivity index (χ1n) is 9.17. The Kier molecular flexibility index (Phi) is 4.81. The SMILES string of the molecule is O=C1CC[C@@]2(CCCN(c3ccc(Cl)cn3)C2)CN1Cc1cccnc1. The number of aromatic nitrogens is 2. The van der Waals surface area contributed by atoms with Gasteiger partial charge < -0.3 is 9.80 Å². The van der Waals surface area contributed by atoms with Gasteiger partial charge in [0.15, 0.2) is 0 Å². The number of amides is 1. The first-order valence-corrected chi connectivity index (χ1v) is 9.55. The van der Waals surface area contributed by atoms with E-state index in [4.69, 9.17) is 11.6 Å². The number of halogens is 1. The molecule has 0 aromatic carbocycles. The second-order valence-corrected chi connectivity index (χ2v) is 7.91. The smallest absolute Gasteiger partial charge is 0.222 e. The third-order valence-electron chi connectivity index (χ3n) is 5.54. The lowest BCUT2D eigenvalue weighted by atomic mass is 9.73. The van der Waals surface area contributed by atoms with Crippen LogP contribution in [0.25, 0.3) is 0 Å². The molecule has 0 bridgehead atoms. The van der Waals surface area contributed by atoms with E-state index in [1.54, 1.807) is 12.4 Å². The van der Waals surface area contributed by atoms with E-state index in [0.717, 1.165) is 50.3 Å². The summed E-state index contributed by atoms with van der Waals surface area (Å²) in [6.07, 6.45) is 9.19. The molecule has 2 aromatic heterocycles. The van der Waals surface area contributed by atoms with E-state index >= 15 is 0 Å². The third-order valence-corrected chi connectivity index (χ3v) is 5.77. The monoisotopic (exact) mass is 370 g/mol. The van der Waals surface area contributed by atoms with Crippen LogP contribution in [-0.2, 0) is 11.3 Å². The number of carbonyl (C=O) groups excluding carboxylic acids is 1. The highest BCUT2D eigenvalue weighted by molar-refractivity contribution is 6.30. The van der Waals surface area contributed by atoms with Crippen molar-refractivity contribution in [2.24, 2.45) is 5.41 Å². The zero-order valence-electron chi connectivity index (χ0n) is 14.8. The highest BCUT2D eigenvalue weighted by Crippen LogP contribution is 2.40. The maximum absolute atomic E-state index is 12.5. The maximum atomic E-state index is 12.5. The molecule has 1 amide bonds. The molecule has 0 radical (unpaired) electrons. The first-order chi connectivity index (χ1) is 12.6. The molecule has 2 aromatic rings. The Balaban J connectivity index is 1.49. The van der Waals surface area contributed by atoms with Gasteiger partial charge in [0.05, 0.1) is 5.02 Å². The minimum Gasteiger partial charge on any atom is -0.356 e. The van der Waals surface area contributed by atoms with Crippen LogP contribution >= 0.6 is 11.6 Å². The van der Waals surface area contributed by atoms with Crippen LogP contribution in [0.5, 0.6) is 0 Å². The van der Waals surface area contributed by atoms with Crippen LogP contribution in [-0.4, -0.2) is 40.4 Å². The quantitative estimate of drug-likeness (QED) is 0.829. The number of hydrogen-bond acceptors (Lipinski definition) is 4.